The van der Waals surface area contributed by atoms with E-state index in [1.807, 2.05) is 6.92 Å². The molecule has 2 rings (SSSR count). The molecule has 122 valence electrons. The third-order valence-electron chi connectivity index (χ3n) is 4.26. The van der Waals surface area contributed by atoms with Gasteiger partial charge in [-0.25, -0.2) is 4.39 Å². The molecular weight excluding hydrogens is 309 g/mol. The van der Waals surface area contributed by atoms with Crippen LogP contribution in [0.3, 0.4) is 0 Å². The third-order valence-corrected chi connectivity index (χ3v) is 4.55. The van der Waals surface area contributed by atoms with E-state index in [-0.39, 0.29) is 42.0 Å². The lowest BCUT2D eigenvalue weighted by Crippen LogP contribution is -2.45. The lowest BCUT2D eigenvalue weighted by Gasteiger charge is -2.30. The van der Waals surface area contributed by atoms with Crippen molar-refractivity contribution in [3.05, 3.63) is 29.0 Å². The standard InChI is InChI=1S/C16H21ClFNO3/c1-16(10-20)7-2-3-14(16)19-15(21)6-8-22-13-5-4-11(18)9-12(13)17/h4-5,9,14,20H,2-3,6-8,10H2,1H3,(H,19,21). The molecule has 1 aliphatic carbocycles. The van der Waals surface area contributed by atoms with Gasteiger partial charge in [-0.3, -0.25) is 4.79 Å². The van der Waals surface area contributed by atoms with Crippen LogP contribution in [0.15, 0.2) is 18.2 Å². The largest absolute Gasteiger partial charge is 0.491 e. The number of benzene rings is 1. The lowest BCUT2D eigenvalue weighted by molar-refractivity contribution is -0.123. The van der Waals surface area contributed by atoms with Crippen LogP contribution in [0.4, 0.5) is 4.39 Å². The first-order valence-corrected chi connectivity index (χ1v) is 7.80. The summed E-state index contributed by atoms with van der Waals surface area (Å²) in [7, 11) is 0. The van der Waals surface area contributed by atoms with Gasteiger partial charge >= 0.3 is 0 Å². The SMILES string of the molecule is CC1(CO)CCCC1NC(=O)CCOc1ccc(F)cc1Cl. The van der Waals surface area contributed by atoms with Crippen molar-refractivity contribution < 1.29 is 19.0 Å². The first-order chi connectivity index (χ1) is 10.4. The molecule has 1 fully saturated rings. The highest BCUT2D eigenvalue weighted by Gasteiger charge is 2.38. The Morgan fingerprint density at radius 2 is 2.36 bits per heavy atom. The summed E-state index contributed by atoms with van der Waals surface area (Å²) in [6.45, 7) is 2.22. The minimum atomic E-state index is -0.431. The first kappa shape index (κ1) is 17.0. The van der Waals surface area contributed by atoms with Gasteiger partial charge < -0.3 is 15.2 Å². The summed E-state index contributed by atoms with van der Waals surface area (Å²) in [5, 5.41) is 12.6. The molecule has 0 radical (unpaired) electrons. The maximum Gasteiger partial charge on any atom is 0.223 e. The predicted molar refractivity (Wildman–Crippen MR) is 82.5 cm³/mol. The number of nitrogens with one attached hydrogen (secondary N) is 1. The smallest absolute Gasteiger partial charge is 0.223 e. The highest BCUT2D eigenvalue weighted by molar-refractivity contribution is 6.32. The molecular formula is C16H21ClFNO3. The highest BCUT2D eigenvalue weighted by Crippen LogP contribution is 2.37. The zero-order valence-corrected chi connectivity index (χ0v) is 13.3. The quantitative estimate of drug-likeness (QED) is 0.843. The van der Waals surface area contributed by atoms with Crippen LogP contribution < -0.4 is 10.1 Å². The number of amides is 1. The van der Waals surface area contributed by atoms with Crippen molar-refractivity contribution in [2.24, 2.45) is 5.41 Å². The van der Waals surface area contributed by atoms with Gasteiger partial charge in [-0.2, -0.15) is 0 Å². The Hall–Kier alpha value is -1.33. The number of halogens is 2. The molecule has 1 saturated carbocycles. The van der Waals surface area contributed by atoms with Gasteiger partial charge in [0.05, 0.1) is 24.7 Å². The minimum Gasteiger partial charge on any atom is -0.491 e. The summed E-state index contributed by atoms with van der Waals surface area (Å²) in [4.78, 5) is 12.0. The first-order valence-electron chi connectivity index (χ1n) is 7.43. The summed E-state index contributed by atoms with van der Waals surface area (Å²) in [5.41, 5.74) is -0.239. The van der Waals surface area contributed by atoms with E-state index in [4.69, 9.17) is 16.3 Å². The van der Waals surface area contributed by atoms with Crippen molar-refractivity contribution in [1.82, 2.24) is 5.32 Å². The number of aliphatic hydroxyl groups excluding tert-OH is 1. The van der Waals surface area contributed by atoms with Crippen LogP contribution in [0.5, 0.6) is 5.75 Å². The van der Waals surface area contributed by atoms with Crippen LogP contribution in [-0.4, -0.2) is 30.3 Å². The second-order valence-corrected chi connectivity index (χ2v) is 6.40. The molecule has 0 bridgehead atoms. The second kappa shape index (κ2) is 7.29. The fourth-order valence-electron chi connectivity index (χ4n) is 2.78. The average molecular weight is 330 g/mol. The monoisotopic (exact) mass is 329 g/mol. The summed E-state index contributed by atoms with van der Waals surface area (Å²) in [6, 6.07) is 3.86. The number of carbonyl (C=O) groups excluding carboxylic acids is 1. The number of rotatable bonds is 6. The number of aliphatic hydroxyl groups is 1. The Labute approximate surface area is 134 Å². The molecule has 1 aromatic rings. The van der Waals surface area contributed by atoms with Crippen molar-refractivity contribution in [3.63, 3.8) is 0 Å². The lowest BCUT2D eigenvalue weighted by atomic mass is 9.86. The van der Waals surface area contributed by atoms with Crippen LogP contribution in [-0.2, 0) is 4.79 Å². The van der Waals surface area contributed by atoms with Crippen molar-refractivity contribution in [1.29, 1.82) is 0 Å². The predicted octanol–water partition coefficient (Wildman–Crippen LogP) is 2.92. The maximum atomic E-state index is 12.9. The molecule has 0 spiro atoms. The summed E-state index contributed by atoms with van der Waals surface area (Å²) >= 11 is 5.85. The van der Waals surface area contributed by atoms with Gasteiger partial charge in [-0.15, -0.1) is 0 Å². The van der Waals surface area contributed by atoms with Gasteiger partial charge in [-0.1, -0.05) is 24.9 Å². The maximum absolute atomic E-state index is 12.9. The number of hydrogen-bond acceptors (Lipinski definition) is 3. The minimum absolute atomic E-state index is 0.000547. The number of hydrogen-bond donors (Lipinski definition) is 2. The molecule has 1 aliphatic rings. The second-order valence-electron chi connectivity index (χ2n) is 6.00. The Bertz CT molecular complexity index is 540. The summed E-state index contributed by atoms with van der Waals surface area (Å²) in [6.07, 6.45) is 2.99. The fraction of sp³-hybridized carbons (Fsp3) is 0.562. The van der Waals surface area contributed by atoms with Gasteiger partial charge in [0.25, 0.3) is 0 Å². The molecule has 4 nitrogen and oxygen atoms in total. The molecule has 1 amide bonds. The molecule has 1 aromatic carbocycles. The molecule has 2 atom stereocenters. The van der Waals surface area contributed by atoms with E-state index in [9.17, 15) is 14.3 Å². The van der Waals surface area contributed by atoms with E-state index in [1.54, 1.807) is 0 Å². The summed E-state index contributed by atoms with van der Waals surface area (Å²) in [5.74, 6) is -0.193. The zero-order chi connectivity index (χ0) is 16.2. The van der Waals surface area contributed by atoms with E-state index in [0.717, 1.165) is 19.3 Å². The van der Waals surface area contributed by atoms with Crippen LogP contribution in [0, 0.1) is 11.2 Å². The Morgan fingerprint density at radius 3 is 3.05 bits per heavy atom. The van der Waals surface area contributed by atoms with Crippen LogP contribution >= 0.6 is 11.6 Å². The molecule has 2 unspecified atom stereocenters. The molecule has 0 aromatic heterocycles. The zero-order valence-electron chi connectivity index (χ0n) is 12.6. The van der Waals surface area contributed by atoms with Gasteiger partial charge in [0.15, 0.2) is 0 Å². The highest BCUT2D eigenvalue weighted by atomic mass is 35.5. The molecule has 6 heteroatoms. The number of carbonyl (C=O) groups is 1. The van der Waals surface area contributed by atoms with Gasteiger partial charge in [-0.05, 0) is 31.0 Å². The van der Waals surface area contributed by atoms with Crippen LogP contribution in [0.2, 0.25) is 5.02 Å². The van der Waals surface area contributed by atoms with Gasteiger partial charge in [0.1, 0.15) is 11.6 Å². The van der Waals surface area contributed by atoms with Gasteiger partial charge in [0, 0.05) is 11.5 Å². The van der Waals surface area contributed by atoms with Crippen LogP contribution in [0.1, 0.15) is 32.6 Å². The average Bonchev–Trinajstić information content (AvgIpc) is 2.83. The Balaban J connectivity index is 1.78. The Morgan fingerprint density at radius 1 is 1.59 bits per heavy atom. The molecule has 0 aliphatic heterocycles. The van der Waals surface area contributed by atoms with E-state index < -0.39 is 5.82 Å². The Kier molecular flexibility index (Phi) is 5.64. The van der Waals surface area contributed by atoms with Crippen molar-refractivity contribution in [3.8, 4) is 5.75 Å². The van der Waals surface area contributed by atoms with Gasteiger partial charge in [0.2, 0.25) is 5.91 Å². The van der Waals surface area contributed by atoms with Crippen molar-refractivity contribution in [2.75, 3.05) is 13.2 Å². The van der Waals surface area contributed by atoms with Crippen LogP contribution in [0.25, 0.3) is 0 Å². The van der Waals surface area contributed by atoms with E-state index in [2.05, 4.69) is 5.32 Å². The number of ether oxygens (including phenoxy) is 1. The molecule has 2 N–H and O–H groups in total. The topological polar surface area (TPSA) is 58.6 Å². The molecule has 22 heavy (non-hydrogen) atoms. The van der Waals surface area contributed by atoms with E-state index >= 15 is 0 Å². The van der Waals surface area contributed by atoms with E-state index in [0.29, 0.717) is 5.75 Å². The third kappa shape index (κ3) is 4.11. The van der Waals surface area contributed by atoms with Crippen molar-refractivity contribution in [2.45, 2.75) is 38.6 Å². The normalized spacial score (nSPS) is 24.3. The fourth-order valence-corrected chi connectivity index (χ4v) is 3.00. The molecule has 0 heterocycles. The summed E-state index contributed by atoms with van der Waals surface area (Å²) < 4.78 is 18.3. The van der Waals surface area contributed by atoms with E-state index in [1.165, 1.54) is 18.2 Å². The van der Waals surface area contributed by atoms with Crippen molar-refractivity contribution >= 4 is 17.5 Å². The molecule has 0 saturated heterocycles.